The number of benzene rings is 2. The van der Waals surface area contributed by atoms with E-state index in [1.54, 1.807) is 38.1 Å². The van der Waals surface area contributed by atoms with Crippen molar-refractivity contribution in [3.8, 4) is 0 Å². The molecule has 1 N–H and O–H groups in total. The summed E-state index contributed by atoms with van der Waals surface area (Å²) in [6.45, 7) is 5.19. The Kier molecular flexibility index (Phi) is 6.30. The van der Waals surface area contributed by atoms with Gasteiger partial charge in [0.25, 0.3) is 17.7 Å². The van der Waals surface area contributed by atoms with E-state index in [-0.39, 0.29) is 17.0 Å². The van der Waals surface area contributed by atoms with Crippen molar-refractivity contribution < 1.29 is 23.9 Å². The Morgan fingerprint density at radius 2 is 1.43 bits per heavy atom. The summed E-state index contributed by atoms with van der Waals surface area (Å²) in [6.07, 6.45) is -1.07. The van der Waals surface area contributed by atoms with Gasteiger partial charge >= 0.3 is 5.97 Å². The fourth-order valence-electron chi connectivity index (χ4n) is 3.36. The molecule has 7 nitrogen and oxygen atoms in total. The van der Waals surface area contributed by atoms with Crippen molar-refractivity contribution in [3.05, 3.63) is 71.3 Å². The van der Waals surface area contributed by atoms with Gasteiger partial charge in [-0.05, 0) is 30.5 Å². The molecule has 0 fully saturated rings. The highest BCUT2D eigenvalue weighted by molar-refractivity contribution is 6.22. The SMILES string of the molecule is CC(C)[C@H](C(=O)O[C@H](C)C(=O)NCc1ccccc1)N1C(=O)c2ccccc2C1=O. The predicted molar refractivity (Wildman–Crippen MR) is 109 cm³/mol. The number of hydrogen-bond donors (Lipinski definition) is 1. The summed E-state index contributed by atoms with van der Waals surface area (Å²) in [7, 11) is 0. The van der Waals surface area contributed by atoms with E-state index < -0.39 is 35.8 Å². The van der Waals surface area contributed by atoms with E-state index in [0.29, 0.717) is 6.54 Å². The minimum Gasteiger partial charge on any atom is -0.451 e. The molecule has 30 heavy (non-hydrogen) atoms. The number of esters is 1. The Morgan fingerprint density at radius 1 is 0.900 bits per heavy atom. The molecule has 0 saturated carbocycles. The molecule has 3 rings (SSSR count). The maximum absolute atomic E-state index is 12.9. The molecule has 0 bridgehead atoms. The highest BCUT2D eigenvalue weighted by Crippen LogP contribution is 2.27. The number of nitrogens with one attached hydrogen (secondary N) is 1. The van der Waals surface area contributed by atoms with Crippen LogP contribution in [0, 0.1) is 5.92 Å². The molecule has 0 spiro atoms. The zero-order chi connectivity index (χ0) is 21.8. The van der Waals surface area contributed by atoms with Gasteiger partial charge in [0.1, 0.15) is 6.04 Å². The molecule has 2 atom stereocenters. The van der Waals surface area contributed by atoms with Gasteiger partial charge in [0, 0.05) is 6.54 Å². The number of carbonyl (C=O) groups excluding carboxylic acids is 4. The molecule has 2 aromatic rings. The third kappa shape index (κ3) is 4.25. The minimum atomic E-state index is -1.12. The standard InChI is InChI=1S/C23H24N2O5/c1-14(2)19(25-21(27)17-11-7-8-12-18(17)22(25)28)23(29)30-15(3)20(26)24-13-16-9-5-4-6-10-16/h4-12,14-15,19H,13H2,1-3H3,(H,24,26)/t15-,19-/m1/s1. The van der Waals surface area contributed by atoms with Crippen LogP contribution in [0.15, 0.2) is 54.6 Å². The van der Waals surface area contributed by atoms with Crippen LogP contribution in [-0.2, 0) is 20.9 Å². The Labute approximate surface area is 175 Å². The summed E-state index contributed by atoms with van der Waals surface area (Å²) in [6, 6.07) is 14.6. The van der Waals surface area contributed by atoms with Gasteiger partial charge in [0.2, 0.25) is 0 Å². The molecular weight excluding hydrogens is 384 g/mol. The van der Waals surface area contributed by atoms with Crippen molar-refractivity contribution in [1.29, 1.82) is 0 Å². The van der Waals surface area contributed by atoms with Crippen molar-refractivity contribution in [2.75, 3.05) is 0 Å². The number of amides is 3. The van der Waals surface area contributed by atoms with Crippen LogP contribution in [0.2, 0.25) is 0 Å². The topological polar surface area (TPSA) is 92.8 Å². The number of imide groups is 1. The van der Waals surface area contributed by atoms with Gasteiger partial charge < -0.3 is 10.1 Å². The number of ether oxygens (including phenoxy) is 1. The fraction of sp³-hybridized carbons (Fsp3) is 0.304. The van der Waals surface area contributed by atoms with Crippen molar-refractivity contribution >= 4 is 23.7 Å². The van der Waals surface area contributed by atoms with Crippen molar-refractivity contribution in [2.24, 2.45) is 5.92 Å². The van der Waals surface area contributed by atoms with E-state index in [1.807, 2.05) is 30.3 Å². The third-order valence-corrected chi connectivity index (χ3v) is 4.95. The lowest BCUT2D eigenvalue weighted by atomic mass is 10.0. The second-order valence-electron chi connectivity index (χ2n) is 7.50. The average molecular weight is 408 g/mol. The van der Waals surface area contributed by atoms with Crippen LogP contribution in [0.3, 0.4) is 0 Å². The van der Waals surface area contributed by atoms with Crippen LogP contribution >= 0.6 is 0 Å². The first-order valence-corrected chi connectivity index (χ1v) is 9.80. The predicted octanol–water partition coefficient (Wildman–Crippen LogP) is 2.56. The highest BCUT2D eigenvalue weighted by Gasteiger charge is 2.45. The maximum Gasteiger partial charge on any atom is 0.330 e. The number of fused-ring (bicyclic) bond motifs is 1. The van der Waals surface area contributed by atoms with E-state index >= 15 is 0 Å². The molecular formula is C23H24N2O5. The van der Waals surface area contributed by atoms with Crippen molar-refractivity contribution in [3.63, 3.8) is 0 Å². The number of rotatable bonds is 7. The van der Waals surface area contributed by atoms with Gasteiger partial charge in [-0.1, -0.05) is 56.3 Å². The van der Waals surface area contributed by atoms with Crippen LogP contribution in [-0.4, -0.2) is 40.7 Å². The number of nitrogens with zero attached hydrogens (tertiary/aromatic N) is 1. The molecule has 1 aliphatic heterocycles. The molecule has 1 heterocycles. The zero-order valence-electron chi connectivity index (χ0n) is 17.1. The van der Waals surface area contributed by atoms with Crippen molar-refractivity contribution in [1.82, 2.24) is 10.2 Å². The van der Waals surface area contributed by atoms with E-state index in [0.717, 1.165) is 10.5 Å². The summed E-state index contributed by atoms with van der Waals surface area (Å²) in [5, 5.41) is 2.71. The number of carbonyl (C=O) groups is 4. The Bertz CT molecular complexity index is 936. The zero-order valence-corrected chi connectivity index (χ0v) is 17.1. The lowest BCUT2D eigenvalue weighted by Gasteiger charge is -2.28. The van der Waals surface area contributed by atoms with Gasteiger partial charge in [-0.2, -0.15) is 0 Å². The van der Waals surface area contributed by atoms with Gasteiger partial charge in [0.15, 0.2) is 6.10 Å². The average Bonchev–Trinajstić information content (AvgIpc) is 2.98. The van der Waals surface area contributed by atoms with E-state index in [9.17, 15) is 19.2 Å². The molecule has 0 aliphatic carbocycles. The van der Waals surface area contributed by atoms with Gasteiger partial charge in [-0.15, -0.1) is 0 Å². The Balaban J connectivity index is 1.68. The quantitative estimate of drug-likeness (QED) is 0.561. The first kappa shape index (κ1) is 21.2. The monoisotopic (exact) mass is 408 g/mol. The Morgan fingerprint density at radius 3 is 1.97 bits per heavy atom. The summed E-state index contributed by atoms with van der Waals surface area (Å²) >= 11 is 0. The van der Waals surface area contributed by atoms with Crippen LogP contribution < -0.4 is 5.32 Å². The summed E-state index contributed by atoms with van der Waals surface area (Å²) < 4.78 is 5.33. The summed E-state index contributed by atoms with van der Waals surface area (Å²) in [4.78, 5) is 51.6. The molecule has 1 aliphatic rings. The lowest BCUT2D eigenvalue weighted by molar-refractivity contribution is -0.159. The summed E-state index contributed by atoms with van der Waals surface area (Å²) in [5.74, 6) is -2.71. The smallest absolute Gasteiger partial charge is 0.330 e. The molecule has 0 saturated heterocycles. The van der Waals surface area contributed by atoms with Crippen LogP contribution in [0.5, 0.6) is 0 Å². The number of hydrogen-bond acceptors (Lipinski definition) is 5. The van der Waals surface area contributed by atoms with Crippen LogP contribution in [0.4, 0.5) is 0 Å². The maximum atomic E-state index is 12.9. The van der Waals surface area contributed by atoms with E-state index in [1.165, 1.54) is 6.92 Å². The lowest BCUT2D eigenvalue weighted by Crippen LogP contribution is -2.50. The van der Waals surface area contributed by atoms with Gasteiger partial charge in [-0.3, -0.25) is 19.3 Å². The normalized spacial score (nSPS) is 15.0. The fourth-order valence-corrected chi connectivity index (χ4v) is 3.36. The first-order valence-electron chi connectivity index (χ1n) is 9.80. The molecule has 0 unspecified atom stereocenters. The minimum absolute atomic E-state index is 0.259. The first-order chi connectivity index (χ1) is 14.3. The summed E-state index contributed by atoms with van der Waals surface area (Å²) in [5.41, 5.74) is 1.43. The van der Waals surface area contributed by atoms with Gasteiger partial charge in [0.05, 0.1) is 11.1 Å². The van der Waals surface area contributed by atoms with Gasteiger partial charge in [-0.25, -0.2) is 4.79 Å². The molecule has 0 aromatic heterocycles. The van der Waals surface area contributed by atoms with Crippen molar-refractivity contribution in [2.45, 2.75) is 39.5 Å². The second kappa shape index (κ2) is 8.90. The molecule has 3 amide bonds. The molecule has 0 radical (unpaired) electrons. The van der Waals surface area contributed by atoms with Crippen LogP contribution in [0.1, 0.15) is 47.1 Å². The van der Waals surface area contributed by atoms with Crippen LogP contribution in [0.25, 0.3) is 0 Å². The highest BCUT2D eigenvalue weighted by atomic mass is 16.5. The molecule has 156 valence electrons. The molecule has 2 aromatic carbocycles. The third-order valence-electron chi connectivity index (χ3n) is 4.95. The second-order valence-corrected chi connectivity index (χ2v) is 7.50. The van der Waals surface area contributed by atoms with E-state index in [2.05, 4.69) is 5.32 Å². The largest absolute Gasteiger partial charge is 0.451 e. The molecule has 7 heteroatoms. The Hall–Kier alpha value is -3.48. The van der Waals surface area contributed by atoms with E-state index in [4.69, 9.17) is 4.74 Å².